The van der Waals surface area contributed by atoms with Gasteiger partial charge in [0.1, 0.15) is 6.10 Å². The molecule has 1 heterocycles. The second-order valence-corrected chi connectivity index (χ2v) is 9.75. The summed E-state index contributed by atoms with van der Waals surface area (Å²) in [6.45, 7) is 2.12. The van der Waals surface area contributed by atoms with Gasteiger partial charge in [-0.1, -0.05) is 12.1 Å². The number of nitrogens with one attached hydrogen (secondary N) is 1. The Morgan fingerprint density at radius 2 is 1.67 bits per heavy atom. The molecule has 0 spiro atoms. The van der Waals surface area contributed by atoms with Gasteiger partial charge in [0.05, 0.1) is 12.2 Å². The Balaban J connectivity index is 1.17. The third-order valence-corrected chi connectivity index (χ3v) is 7.67. The molecule has 1 amide bonds. The minimum Gasteiger partial charge on any atom is -0.366 e. The predicted molar refractivity (Wildman–Crippen MR) is 105 cm³/mol. The van der Waals surface area contributed by atoms with Crippen LogP contribution in [0.3, 0.4) is 0 Å². The van der Waals surface area contributed by atoms with Crippen molar-refractivity contribution < 1.29 is 22.7 Å². The Bertz CT molecular complexity index is 752. The van der Waals surface area contributed by atoms with Crippen LogP contribution in [0.25, 0.3) is 0 Å². The fraction of sp³-hybridized carbons (Fsp3) is 0.696. The maximum absolute atomic E-state index is 13.0. The number of halogens is 3. The van der Waals surface area contributed by atoms with E-state index < -0.39 is 17.8 Å². The van der Waals surface area contributed by atoms with Gasteiger partial charge in [-0.15, -0.1) is 0 Å². The highest BCUT2D eigenvalue weighted by atomic mass is 19.4. The first-order valence-corrected chi connectivity index (χ1v) is 11.2. The average Bonchev–Trinajstić information content (AvgIpc) is 2.70. The molecule has 1 aromatic carbocycles. The van der Waals surface area contributed by atoms with Crippen LogP contribution < -0.4 is 5.32 Å². The summed E-state index contributed by atoms with van der Waals surface area (Å²) in [5.74, 6) is 2.95. The number of benzene rings is 1. The molecule has 1 aromatic rings. The summed E-state index contributed by atoms with van der Waals surface area (Å²) in [5.41, 5.74) is 0.172. The molecule has 0 aromatic heterocycles. The molecule has 4 saturated carbocycles. The molecule has 164 valence electrons. The van der Waals surface area contributed by atoms with E-state index in [9.17, 15) is 18.0 Å². The van der Waals surface area contributed by atoms with Crippen LogP contribution in [0.5, 0.6) is 0 Å². The highest BCUT2D eigenvalue weighted by Crippen LogP contribution is 2.53. The third-order valence-electron chi connectivity index (χ3n) is 7.67. The molecule has 1 N–H and O–H groups in total. The predicted octanol–water partition coefficient (Wildman–Crippen LogP) is 3.85. The smallest absolute Gasteiger partial charge is 0.366 e. The first-order chi connectivity index (χ1) is 14.3. The number of rotatable bonds is 4. The van der Waals surface area contributed by atoms with E-state index in [0.29, 0.717) is 44.1 Å². The Kier molecular flexibility index (Phi) is 5.30. The molecule has 4 bridgehead atoms. The maximum Gasteiger partial charge on any atom is 0.416 e. The Morgan fingerprint density at radius 3 is 2.27 bits per heavy atom. The average molecular weight is 422 g/mol. The molecule has 1 aliphatic heterocycles. The Morgan fingerprint density at radius 1 is 1.03 bits per heavy atom. The van der Waals surface area contributed by atoms with Gasteiger partial charge >= 0.3 is 6.18 Å². The standard InChI is InChI=1S/C23H29F3N2O2/c24-23(25,26)19-3-1-14(2-4-19)12-28-5-6-30-20(13-28)22(29)27-21-17-8-15-7-16(10-17)11-18(21)9-15/h1-4,15-18,20-21H,5-13H2,(H,27,29). The zero-order valence-corrected chi connectivity index (χ0v) is 17.0. The number of alkyl halides is 3. The molecular weight excluding hydrogens is 393 g/mol. The number of nitrogens with zero attached hydrogens (tertiary/aromatic N) is 1. The van der Waals surface area contributed by atoms with Crippen molar-refractivity contribution in [2.75, 3.05) is 19.7 Å². The molecular formula is C23H29F3N2O2. The second-order valence-electron chi connectivity index (χ2n) is 9.75. The molecule has 5 aliphatic rings. The Hall–Kier alpha value is -1.60. The molecule has 0 radical (unpaired) electrons. The van der Waals surface area contributed by atoms with Gasteiger partial charge in [-0.25, -0.2) is 0 Å². The highest BCUT2D eigenvalue weighted by molar-refractivity contribution is 5.81. The van der Waals surface area contributed by atoms with Crippen molar-refractivity contribution in [2.24, 2.45) is 23.7 Å². The van der Waals surface area contributed by atoms with E-state index in [-0.39, 0.29) is 5.91 Å². The summed E-state index contributed by atoms with van der Waals surface area (Å²) in [6, 6.07) is 5.56. The van der Waals surface area contributed by atoms with Crippen molar-refractivity contribution >= 4 is 5.91 Å². The first-order valence-electron chi connectivity index (χ1n) is 11.2. The van der Waals surface area contributed by atoms with Crippen molar-refractivity contribution in [3.05, 3.63) is 35.4 Å². The summed E-state index contributed by atoms with van der Waals surface area (Å²) < 4.78 is 44.0. The lowest BCUT2D eigenvalue weighted by molar-refractivity contribution is -0.142. The largest absolute Gasteiger partial charge is 0.416 e. The van der Waals surface area contributed by atoms with Crippen molar-refractivity contribution in [2.45, 2.75) is 57.0 Å². The van der Waals surface area contributed by atoms with Crippen LogP contribution in [0.2, 0.25) is 0 Å². The number of amides is 1. The van der Waals surface area contributed by atoms with Gasteiger partial charge < -0.3 is 10.1 Å². The number of carbonyl (C=O) groups is 1. The first kappa shape index (κ1) is 20.3. The zero-order chi connectivity index (χ0) is 20.9. The van der Waals surface area contributed by atoms with Gasteiger partial charge in [0.15, 0.2) is 0 Å². The van der Waals surface area contributed by atoms with Gasteiger partial charge in [-0.3, -0.25) is 9.69 Å². The minimum absolute atomic E-state index is 0.0235. The van der Waals surface area contributed by atoms with Crippen molar-refractivity contribution in [3.63, 3.8) is 0 Å². The lowest BCUT2D eigenvalue weighted by Gasteiger charge is -2.54. The lowest BCUT2D eigenvalue weighted by Crippen LogP contribution is -2.59. The lowest BCUT2D eigenvalue weighted by atomic mass is 9.54. The molecule has 6 rings (SSSR count). The van der Waals surface area contributed by atoms with E-state index in [2.05, 4.69) is 10.2 Å². The van der Waals surface area contributed by atoms with Crippen LogP contribution in [-0.2, 0) is 22.3 Å². The highest BCUT2D eigenvalue weighted by Gasteiger charge is 2.49. The summed E-state index contributed by atoms with van der Waals surface area (Å²) >= 11 is 0. The van der Waals surface area contributed by atoms with Crippen molar-refractivity contribution in [1.29, 1.82) is 0 Å². The van der Waals surface area contributed by atoms with E-state index >= 15 is 0 Å². The molecule has 4 aliphatic carbocycles. The van der Waals surface area contributed by atoms with Gasteiger partial charge in [0.25, 0.3) is 5.91 Å². The van der Waals surface area contributed by atoms with E-state index in [0.717, 1.165) is 29.5 Å². The molecule has 4 nitrogen and oxygen atoms in total. The minimum atomic E-state index is -4.32. The van der Waals surface area contributed by atoms with Crippen LogP contribution in [0.4, 0.5) is 13.2 Å². The number of morpholine rings is 1. The topological polar surface area (TPSA) is 41.6 Å². The van der Waals surface area contributed by atoms with Gasteiger partial charge in [-0.05, 0) is 73.5 Å². The zero-order valence-electron chi connectivity index (χ0n) is 17.0. The number of hydrogen-bond acceptors (Lipinski definition) is 3. The fourth-order valence-corrected chi connectivity index (χ4v) is 6.48. The monoisotopic (exact) mass is 422 g/mol. The summed E-state index contributed by atoms with van der Waals surface area (Å²) in [4.78, 5) is 15.0. The van der Waals surface area contributed by atoms with Crippen LogP contribution in [0, 0.1) is 23.7 Å². The van der Waals surface area contributed by atoms with Crippen LogP contribution in [0.15, 0.2) is 24.3 Å². The maximum atomic E-state index is 13.0. The number of hydrogen-bond donors (Lipinski definition) is 1. The normalized spacial score (nSPS) is 36.1. The molecule has 1 atom stereocenters. The molecule has 1 unspecified atom stereocenters. The number of ether oxygens (including phenoxy) is 1. The second kappa shape index (κ2) is 7.83. The van der Waals surface area contributed by atoms with Gasteiger partial charge in [0.2, 0.25) is 0 Å². The fourth-order valence-electron chi connectivity index (χ4n) is 6.48. The van der Waals surface area contributed by atoms with Crippen molar-refractivity contribution in [3.8, 4) is 0 Å². The summed E-state index contributed by atoms with van der Waals surface area (Å²) in [6.07, 6.45) is 1.57. The van der Waals surface area contributed by atoms with Crippen LogP contribution >= 0.6 is 0 Å². The van der Waals surface area contributed by atoms with E-state index in [1.807, 2.05) is 0 Å². The van der Waals surface area contributed by atoms with Crippen LogP contribution in [0.1, 0.15) is 43.2 Å². The van der Waals surface area contributed by atoms with Crippen LogP contribution in [-0.4, -0.2) is 42.6 Å². The van der Waals surface area contributed by atoms with Gasteiger partial charge in [0, 0.05) is 25.7 Å². The molecule has 5 fully saturated rings. The van der Waals surface area contributed by atoms with Gasteiger partial charge in [-0.2, -0.15) is 13.2 Å². The SMILES string of the molecule is O=C(NC1C2CC3CC(C2)CC1C3)C1CN(Cc2ccc(C(F)(F)F)cc2)CCO1. The molecule has 7 heteroatoms. The van der Waals surface area contributed by atoms with E-state index in [4.69, 9.17) is 4.74 Å². The summed E-state index contributed by atoms with van der Waals surface area (Å²) in [7, 11) is 0. The Labute approximate surface area is 175 Å². The summed E-state index contributed by atoms with van der Waals surface area (Å²) in [5, 5.41) is 3.32. The van der Waals surface area contributed by atoms with Crippen molar-refractivity contribution in [1.82, 2.24) is 10.2 Å². The molecule has 1 saturated heterocycles. The third kappa shape index (κ3) is 4.11. The quantitative estimate of drug-likeness (QED) is 0.802. The molecule has 30 heavy (non-hydrogen) atoms. The van der Waals surface area contributed by atoms with E-state index in [1.54, 1.807) is 0 Å². The number of carbonyl (C=O) groups excluding carboxylic acids is 1. The van der Waals surface area contributed by atoms with E-state index in [1.165, 1.54) is 44.2 Å².